The Balaban J connectivity index is 2.12. The topological polar surface area (TPSA) is 55.6 Å². The summed E-state index contributed by atoms with van der Waals surface area (Å²) in [6.07, 6.45) is 10.3. The van der Waals surface area contributed by atoms with Gasteiger partial charge in [0.05, 0.1) is 6.04 Å². The average Bonchev–Trinajstić information content (AvgIpc) is 2.68. The number of hydrogen-bond donors (Lipinski definition) is 1. The van der Waals surface area contributed by atoms with Gasteiger partial charge in [-0.1, -0.05) is 18.1 Å². The molecule has 2 heterocycles. The van der Waals surface area contributed by atoms with Crippen LogP contribution in [0, 0.1) is 12.3 Å². The summed E-state index contributed by atoms with van der Waals surface area (Å²) in [7, 11) is 0. The van der Waals surface area contributed by atoms with Crippen LogP contribution in [0.3, 0.4) is 0 Å². The molecule has 0 saturated heterocycles. The van der Waals surface area contributed by atoms with Gasteiger partial charge in [0.1, 0.15) is 6.54 Å². The van der Waals surface area contributed by atoms with Crippen molar-refractivity contribution in [1.29, 1.82) is 0 Å². The van der Waals surface area contributed by atoms with E-state index >= 15 is 0 Å². The SMILES string of the molecule is C#CCn1nnc(C2C=CCCN2)n1. The molecule has 0 radical (unpaired) electrons. The van der Waals surface area contributed by atoms with E-state index in [2.05, 4.69) is 32.7 Å². The first-order valence-electron chi connectivity index (χ1n) is 4.51. The van der Waals surface area contributed by atoms with E-state index in [0.717, 1.165) is 13.0 Å². The first-order chi connectivity index (χ1) is 6.90. The van der Waals surface area contributed by atoms with Crippen molar-refractivity contribution in [2.45, 2.75) is 19.0 Å². The van der Waals surface area contributed by atoms with Crippen molar-refractivity contribution in [3.63, 3.8) is 0 Å². The van der Waals surface area contributed by atoms with Crippen molar-refractivity contribution in [2.75, 3.05) is 6.54 Å². The molecule has 0 saturated carbocycles. The third-order valence-corrected chi connectivity index (χ3v) is 1.98. The number of nitrogens with zero attached hydrogens (tertiary/aromatic N) is 4. The maximum atomic E-state index is 5.14. The number of nitrogens with one attached hydrogen (secondary N) is 1. The molecule has 0 fully saturated rings. The normalized spacial score (nSPS) is 20.6. The van der Waals surface area contributed by atoms with Crippen LogP contribution < -0.4 is 5.32 Å². The Kier molecular flexibility index (Phi) is 2.56. The second-order valence-electron chi connectivity index (χ2n) is 3.03. The molecule has 5 heteroatoms. The van der Waals surface area contributed by atoms with E-state index in [9.17, 15) is 0 Å². The minimum absolute atomic E-state index is 0.0790. The Hall–Kier alpha value is -1.67. The average molecular weight is 189 g/mol. The highest BCUT2D eigenvalue weighted by Crippen LogP contribution is 2.11. The van der Waals surface area contributed by atoms with Gasteiger partial charge in [-0.2, -0.15) is 4.80 Å². The van der Waals surface area contributed by atoms with Crippen LogP contribution in [0.4, 0.5) is 0 Å². The number of terminal acetylenes is 1. The molecule has 1 aliphatic heterocycles. The Labute approximate surface area is 82.2 Å². The first-order valence-corrected chi connectivity index (χ1v) is 4.51. The van der Waals surface area contributed by atoms with Gasteiger partial charge >= 0.3 is 0 Å². The van der Waals surface area contributed by atoms with Crippen molar-refractivity contribution >= 4 is 0 Å². The van der Waals surface area contributed by atoms with Gasteiger partial charge in [-0.15, -0.1) is 16.6 Å². The number of hydrogen-bond acceptors (Lipinski definition) is 4. The fourth-order valence-corrected chi connectivity index (χ4v) is 1.33. The van der Waals surface area contributed by atoms with E-state index < -0.39 is 0 Å². The van der Waals surface area contributed by atoms with E-state index in [1.54, 1.807) is 0 Å². The van der Waals surface area contributed by atoms with Crippen LogP contribution in [0.2, 0.25) is 0 Å². The van der Waals surface area contributed by atoms with Gasteiger partial charge in [0, 0.05) is 0 Å². The summed E-state index contributed by atoms with van der Waals surface area (Å²) in [5, 5.41) is 15.2. The highest BCUT2D eigenvalue weighted by atomic mass is 15.6. The van der Waals surface area contributed by atoms with Crippen LogP contribution in [0.25, 0.3) is 0 Å². The number of rotatable bonds is 2. The molecule has 0 bridgehead atoms. The Morgan fingerprint density at radius 3 is 3.36 bits per heavy atom. The van der Waals surface area contributed by atoms with Crippen LogP contribution in [-0.4, -0.2) is 26.8 Å². The van der Waals surface area contributed by atoms with Gasteiger partial charge in [0.25, 0.3) is 0 Å². The summed E-state index contributed by atoms with van der Waals surface area (Å²) < 4.78 is 0. The maximum Gasteiger partial charge on any atom is 0.195 e. The summed E-state index contributed by atoms with van der Waals surface area (Å²) in [6, 6.07) is 0.0790. The van der Waals surface area contributed by atoms with E-state index in [-0.39, 0.29) is 6.04 Å². The fraction of sp³-hybridized carbons (Fsp3) is 0.444. The van der Waals surface area contributed by atoms with Crippen LogP contribution in [0.5, 0.6) is 0 Å². The Morgan fingerprint density at radius 1 is 1.71 bits per heavy atom. The standard InChI is InChI=1S/C9H11N5/c1-2-7-14-12-9(11-13-14)8-5-3-4-6-10-8/h1,3,5,8,10H,4,6-7H2. The molecule has 0 amide bonds. The van der Waals surface area contributed by atoms with Crippen LogP contribution in [-0.2, 0) is 6.54 Å². The van der Waals surface area contributed by atoms with Crippen molar-refractivity contribution in [3.05, 3.63) is 18.0 Å². The zero-order chi connectivity index (χ0) is 9.80. The second-order valence-corrected chi connectivity index (χ2v) is 3.03. The molecule has 0 aliphatic carbocycles. The monoisotopic (exact) mass is 189 g/mol. The van der Waals surface area contributed by atoms with Crippen molar-refractivity contribution < 1.29 is 0 Å². The lowest BCUT2D eigenvalue weighted by molar-refractivity contribution is 0.559. The van der Waals surface area contributed by atoms with Gasteiger partial charge in [0.15, 0.2) is 5.82 Å². The Morgan fingerprint density at radius 2 is 2.64 bits per heavy atom. The molecule has 0 spiro atoms. The highest BCUT2D eigenvalue weighted by molar-refractivity contribution is 5.06. The number of tetrazole rings is 1. The largest absolute Gasteiger partial charge is 0.304 e. The van der Waals surface area contributed by atoms with Gasteiger partial charge in [0.2, 0.25) is 0 Å². The molecule has 1 aromatic rings. The first kappa shape index (κ1) is 8.91. The lowest BCUT2D eigenvalue weighted by Crippen LogP contribution is -2.24. The molecule has 14 heavy (non-hydrogen) atoms. The summed E-state index contributed by atoms with van der Waals surface area (Å²) >= 11 is 0. The third kappa shape index (κ3) is 1.80. The summed E-state index contributed by atoms with van der Waals surface area (Å²) in [4.78, 5) is 1.42. The fourth-order valence-electron chi connectivity index (χ4n) is 1.33. The molecule has 1 N–H and O–H groups in total. The van der Waals surface area contributed by atoms with E-state index in [1.165, 1.54) is 4.80 Å². The third-order valence-electron chi connectivity index (χ3n) is 1.98. The molecule has 0 aromatic carbocycles. The molecule has 1 unspecified atom stereocenters. The van der Waals surface area contributed by atoms with Crippen molar-refractivity contribution in [3.8, 4) is 12.3 Å². The molecule has 1 atom stereocenters. The molecular formula is C9H11N5. The molecular weight excluding hydrogens is 178 g/mol. The van der Waals surface area contributed by atoms with Crippen LogP contribution >= 0.6 is 0 Å². The smallest absolute Gasteiger partial charge is 0.195 e. The van der Waals surface area contributed by atoms with Gasteiger partial charge in [-0.25, -0.2) is 0 Å². The molecule has 72 valence electrons. The predicted molar refractivity (Wildman–Crippen MR) is 51.2 cm³/mol. The van der Waals surface area contributed by atoms with Gasteiger partial charge in [-0.05, 0) is 18.2 Å². The molecule has 5 nitrogen and oxygen atoms in total. The molecule has 1 aliphatic rings. The summed E-state index contributed by atoms with van der Waals surface area (Å²) in [5.41, 5.74) is 0. The van der Waals surface area contributed by atoms with Crippen LogP contribution in [0.15, 0.2) is 12.2 Å². The van der Waals surface area contributed by atoms with Crippen molar-refractivity contribution in [1.82, 2.24) is 25.5 Å². The van der Waals surface area contributed by atoms with Gasteiger partial charge < -0.3 is 5.32 Å². The molecule has 2 rings (SSSR count). The minimum atomic E-state index is 0.0790. The lowest BCUT2D eigenvalue weighted by Gasteiger charge is -2.13. The van der Waals surface area contributed by atoms with Gasteiger partial charge in [-0.3, -0.25) is 0 Å². The molecule has 1 aromatic heterocycles. The van der Waals surface area contributed by atoms with E-state index in [4.69, 9.17) is 6.42 Å². The van der Waals surface area contributed by atoms with E-state index in [0.29, 0.717) is 12.4 Å². The summed E-state index contributed by atoms with van der Waals surface area (Å²) in [6.45, 7) is 1.31. The van der Waals surface area contributed by atoms with Crippen LogP contribution in [0.1, 0.15) is 18.3 Å². The predicted octanol–water partition coefficient (Wildman–Crippen LogP) is -0.103. The maximum absolute atomic E-state index is 5.14. The van der Waals surface area contributed by atoms with Crippen molar-refractivity contribution in [2.24, 2.45) is 0 Å². The zero-order valence-electron chi connectivity index (χ0n) is 7.72. The number of aromatic nitrogens is 4. The zero-order valence-corrected chi connectivity index (χ0v) is 7.72. The van der Waals surface area contributed by atoms with E-state index in [1.807, 2.05) is 6.08 Å². The minimum Gasteiger partial charge on any atom is -0.304 e. The Bertz CT molecular complexity index is 373. The quantitative estimate of drug-likeness (QED) is 0.521. The highest BCUT2D eigenvalue weighted by Gasteiger charge is 2.14. The second kappa shape index (κ2) is 4.03. The lowest BCUT2D eigenvalue weighted by atomic mass is 10.2. The summed E-state index contributed by atoms with van der Waals surface area (Å²) in [5.74, 6) is 3.14.